The van der Waals surface area contributed by atoms with Gasteiger partial charge in [0, 0.05) is 31.6 Å². The van der Waals surface area contributed by atoms with Crippen LogP contribution >= 0.6 is 0 Å². The van der Waals surface area contributed by atoms with E-state index in [1.807, 2.05) is 6.07 Å². The van der Waals surface area contributed by atoms with Crippen LogP contribution in [0.25, 0.3) is 0 Å². The molecule has 6 nitrogen and oxygen atoms in total. The van der Waals surface area contributed by atoms with E-state index in [9.17, 15) is 14.4 Å². The minimum atomic E-state index is -0.197. The van der Waals surface area contributed by atoms with Crippen LogP contribution in [0.15, 0.2) is 30.3 Å². The van der Waals surface area contributed by atoms with Gasteiger partial charge in [0.2, 0.25) is 11.8 Å². The molecule has 2 N–H and O–H groups in total. The van der Waals surface area contributed by atoms with E-state index in [-0.39, 0.29) is 37.2 Å². The average Bonchev–Trinajstić information content (AvgIpc) is 2.72. The summed E-state index contributed by atoms with van der Waals surface area (Å²) in [4.78, 5) is 36.7. The van der Waals surface area contributed by atoms with E-state index in [1.165, 1.54) is 4.90 Å². The van der Waals surface area contributed by atoms with Crippen LogP contribution in [0, 0.1) is 0 Å². The normalized spacial score (nSPS) is 15.0. The van der Waals surface area contributed by atoms with Crippen LogP contribution in [0.5, 0.6) is 0 Å². The highest BCUT2D eigenvalue weighted by Gasteiger charge is 2.19. The van der Waals surface area contributed by atoms with E-state index < -0.39 is 0 Å². The third kappa shape index (κ3) is 4.59. The summed E-state index contributed by atoms with van der Waals surface area (Å²) in [6.07, 6.45) is 0.958. The molecule has 1 fully saturated rings. The van der Waals surface area contributed by atoms with Gasteiger partial charge in [0.15, 0.2) is 0 Å². The first kappa shape index (κ1) is 15.0. The summed E-state index contributed by atoms with van der Waals surface area (Å²) in [5.74, 6) is -0.438. The smallest absolute Gasteiger partial charge is 0.251 e. The lowest BCUT2D eigenvalue weighted by Gasteiger charge is -2.19. The molecular weight excluding hydrogens is 270 g/mol. The van der Waals surface area contributed by atoms with Gasteiger partial charge in [0.05, 0.1) is 6.54 Å². The van der Waals surface area contributed by atoms with Gasteiger partial charge in [-0.3, -0.25) is 14.4 Å². The standard InChI is InChI=1S/C15H19N3O3/c19-13-11-18(10-4-8-16-13)14(20)7-9-17-15(21)12-5-2-1-3-6-12/h1-3,5-6H,4,7-11H2,(H,16,19)(H,17,21). The van der Waals surface area contributed by atoms with Crippen molar-refractivity contribution < 1.29 is 14.4 Å². The minimum Gasteiger partial charge on any atom is -0.354 e. The molecule has 0 atom stereocenters. The summed E-state index contributed by atoms with van der Waals surface area (Å²) in [5.41, 5.74) is 0.569. The number of rotatable bonds is 4. The maximum absolute atomic E-state index is 12.0. The number of benzene rings is 1. The number of nitrogens with zero attached hydrogens (tertiary/aromatic N) is 1. The molecule has 21 heavy (non-hydrogen) atoms. The van der Waals surface area contributed by atoms with Crippen molar-refractivity contribution in [3.05, 3.63) is 35.9 Å². The Kier molecular flexibility index (Phi) is 5.31. The SMILES string of the molecule is O=C1CN(C(=O)CCNC(=O)c2ccccc2)CCCN1. The fraction of sp³-hybridized carbons (Fsp3) is 0.400. The number of nitrogens with one attached hydrogen (secondary N) is 2. The molecule has 0 bridgehead atoms. The third-order valence-corrected chi connectivity index (χ3v) is 3.27. The monoisotopic (exact) mass is 289 g/mol. The van der Waals surface area contributed by atoms with Crippen molar-refractivity contribution in [1.29, 1.82) is 0 Å². The van der Waals surface area contributed by atoms with Gasteiger partial charge < -0.3 is 15.5 Å². The highest BCUT2D eigenvalue weighted by molar-refractivity contribution is 5.94. The molecule has 0 aliphatic carbocycles. The Balaban J connectivity index is 1.76. The van der Waals surface area contributed by atoms with Gasteiger partial charge in [0.1, 0.15) is 0 Å². The molecule has 1 heterocycles. The van der Waals surface area contributed by atoms with Gasteiger partial charge in [-0.2, -0.15) is 0 Å². The summed E-state index contributed by atoms with van der Waals surface area (Å²) in [6, 6.07) is 8.85. The quantitative estimate of drug-likeness (QED) is 0.828. The Hall–Kier alpha value is -2.37. The highest BCUT2D eigenvalue weighted by atomic mass is 16.2. The maximum Gasteiger partial charge on any atom is 0.251 e. The molecule has 1 saturated heterocycles. The summed E-state index contributed by atoms with van der Waals surface area (Å²) in [5, 5.41) is 5.43. The second-order valence-electron chi connectivity index (χ2n) is 4.89. The zero-order valence-corrected chi connectivity index (χ0v) is 11.8. The van der Waals surface area contributed by atoms with Crippen LogP contribution < -0.4 is 10.6 Å². The largest absolute Gasteiger partial charge is 0.354 e. The van der Waals surface area contributed by atoms with Crippen molar-refractivity contribution in [3.63, 3.8) is 0 Å². The van der Waals surface area contributed by atoms with Crippen molar-refractivity contribution in [1.82, 2.24) is 15.5 Å². The first-order valence-electron chi connectivity index (χ1n) is 7.04. The summed E-state index contributed by atoms with van der Waals surface area (Å²) in [7, 11) is 0. The Morgan fingerprint density at radius 3 is 2.76 bits per heavy atom. The van der Waals surface area contributed by atoms with Gasteiger partial charge in [-0.25, -0.2) is 0 Å². The van der Waals surface area contributed by atoms with E-state index >= 15 is 0 Å². The van der Waals surface area contributed by atoms with E-state index in [2.05, 4.69) is 10.6 Å². The predicted molar refractivity (Wildman–Crippen MR) is 77.6 cm³/mol. The van der Waals surface area contributed by atoms with Crippen molar-refractivity contribution in [2.45, 2.75) is 12.8 Å². The van der Waals surface area contributed by atoms with Crippen LogP contribution in [0.4, 0.5) is 0 Å². The van der Waals surface area contributed by atoms with Crippen molar-refractivity contribution in [2.75, 3.05) is 26.2 Å². The van der Waals surface area contributed by atoms with E-state index in [4.69, 9.17) is 0 Å². The summed E-state index contributed by atoms with van der Waals surface area (Å²) < 4.78 is 0. The van der Waals surface area contributed by atoms with Gasteiger partial charge in [-0.1, -0.05) is 18.2 Å². The van der Waals surface area contributed by atoms with Gasteiger partial charge in [0.25, 0.3) is 5.91 Å². The molecule has 6 heteroatoms. The summed E-state index contributed by atoms with van der Waals surface area (Å²) in [6.45, 7) is 1.55. The van der Waals surface area contributed by atoms with E-state index in [1.54, 1.807) is 24.3 Å². The van der Waals surface area contributed by atoms with Gasteiger partial charge >= 0.3 is 0 Å². The summed E-state index contributed by atoms with van der Waals surface area (Å²) >= 11 is 0. The minimum absolute atomic E-state index is 0.103. The lowest BCUT2D eigenvalue weighted by Crippen LogP contribution is -2.39. The van der Waals surface area contributed by atoms with Crippen LogP contribution in [0.3, 0.4) is 0 Å². The fourth-order valence-electron chi connectivity index (χ4n) is 2.15. The predicted octanol–water partition coefficient (Wildman–Crippen LogP) is 0.155. The van der Waals surface area contributed by atoms with Crippen LogP contribution in [0.1, 0.15) is 23.2 Å². The molecule has 2 rings (SSSR count). The highest BCUT2D eigenvalue weighted by Crippen LogP contribution is 2.01. The van der Waals surface area contributed by atoms with E-state index in [0.717, 1.165) is 6.42 Å². The molecule has 0 saturated carbocycles. The average molecular weight is 289 g/mol. The Bertz CT molecular complexity index is 516. The number of hydrogen-bond donors (Lipinski definition) is 2. The lowest BCUT2D eigenvalue weighted by atomic mass is 10.2. The molecule has 0 unspecified atom stereocenters. The molecule has 0 aromatic heterocycles. The number of carbonyl (C=O) groups is 3. The van der Waals surface area contributed by atoms with Crippen molar-refractivity contribution in [2.24, 2.45) is 0 Å². The molecule has 1 aliphatic rings. The van der Waals surface area contributed by atoms with Crippen molar-refractivity contribution in [3.8, 4) is 0 Å². The zero-order valence-electron chi connectivity index (χ0n) is 11.8. The molecule has 1 aromatic rings. The van der Waals surface area contributed by atoms with Crippen LogP contribution in [-0.2, 0) is 9.59 Å². The molecule has 1 aromatic carbocycles. The molecule has 3 amide bonds. The zero-order chi connectivity index (χ0) is 15.1. The molecule has 0 radical (unpaired) electrons. The maximum atomic E-state index is 12.0. The Labute approximate surface area is 123 Å². The Morgan fingerprint density at radius 1 is 1.24 bits per heavy atom. The third-order valence-electron chi connectivity index (χ3n) is 3.27. The first-order valence-corrected chi connectivity index (χ1v) is 7.04. The van der Waals surface area contributed by atoms with Crippen LogP contribution in [-0.4, -0.2) is 48.8 Å². The molecular formula is C15H19N3O3. The molecule has 112 valence electrons. The van der Waals surface area contributed by atoms with Gasteiger partial charge in [-0.15, -0.1) is 0 Å². The van der Waals surface area contributed by atoms with Crippen molar-refractivity contribution >= 4 is 17.7 Å². The Morgan fingerprint density at radius 2 is 2.00 bits per heavy atom. The second-order valence-corrected chi connectivity index (χ2v) is 4.89. The molecule has 0 spiro atoms. The second kappa shape index (κ2) is 7.42. The van der Waals surface area contributed by atoms with E-state index in [0.29, 0.717) is 18.7 Å². The number of amides is 3. The first-order chi connectivity index (χ1) is 10.2. The lowest BCUT2D eigenvalue weighted by molar-refractivity contribution is -0.135. The fourth-order valence-corrected chi connectivity index (χ4v) is 2.15. The molecule has 1 aliphatic heterocycles. The van der Waals surface area contributed by atoms with Gasteiger partial charge in [-0.05, 0) is 18.6 Å². The topological polar surface area (TPSA) is 78.5 Å². The number of carbonyl (C=O) groups excluding carboxylic acids is 3. The number of hydrogen-bond acceptors (Lipinski definition) is 3. The van der Waals surface area contributed by atoms with Crippen LogP contribution in [0.2, 0.25) is 0 Å².